The van der Waals surface area contributed by atoms with Crippen molar-refractivity contribution in [2.24, 2.45) is 0 Å². The largest absolute Gasteiger partial charge is 0.365 e. The van der Waals surface area contributed by atoms with Gasteiger partial charge >= 0.3 is 0 Å². The van der Waals surface area contributed by atoms with Gasteiger partial charge in [-0.05, 0) is 0 Å². The maximum absolute atomic E-state index is 12.4. The van der Waals surface area contributed by atoms with Crippen LogP contribution in [0.3, 0.4) is 0 Å². The van der Waals surface area contributed by atoms with Gasteiger partial charge in [-0.2, -0.15) is 0 Å². The minimum atomic E-state index is 0.00546. The van der Waals surface area contributed by atoms with Gasteiger partial charge < -0.3 is 14.7 Å². The first-order valence-corrected chi connectivity index (χ1v) is 10.3. The van der Waals surface area contributed by atoms with Crippen LogP contribution in [0.2, 0.25) is 4.28 Å². The Bertz CT molecular complexity index is 633. The van der Waals surface area contributed by atoms with Gasteiger partial charge in [0.15, 0.2) is 0 Å². The molecule has 6 heteroatoms. The number of allylic oxidation sites excluding steroid dienone is 1. The number of nitrogens with zero attached hydrogens (tertiary/aromatic N) is 3. The van der Waals surface area contributed by atoms with Crippen LogP contribution in [-0.4, -0.2) is 81.8 Å². The number of Topliss-reactive ketones (excluding diaryl/α,β-unsaturated/α-hetero) is 1. The summed E-state index contributed by atoms with van der Waals surface area (Å²) in [5, 5.41) is 0. The summed E-state index contributed by atoms with van der Waals surface area (Å²) in [5.41, 5.74) is 1.89. The van der Waals surface area contributed by atoms with Crippen LogP contribution < -0.4 is 0 Å². The van der Waals surface area contributed by atoms with Crippen molar-refractivity contribution < 1.29 is 9.59 Å². The molecule has 0 aromatic heterocycles. The molecule has 4 fully saturated rings. The van der Waals surface area contributed by atoms with Crippen LogP contribution >= 0.6 is 0 Å². The maximum Gasteiger partial charge on any atom is 0.227 e. The number of hydrogen-bond donors (Lipinski definition) is 0. The third-order valence-electron chi connectivity index (χ3n) is 5.45. The lowest BCUT2D eigenvalue weighted by molar-refractivity contribution is -0.117. The van der Waals surface area contributed by atoms with Crippen molar-refractivity contribution in [1.82, 2.24) is 14.7 Å². The van der Waals surface area contributed by atoms with Gasteiger partial charge in [0, 0.05) is 45.3 Å². The minimum Gasteiger partial charge on any atom is -0.365 e. The lowest BCUT2D eigenvalue weighted by Crippen LogP contribution is -2.29. The molecular weight excluding hydrogens is 317 g/mol. The van der Waals surface area contributed by atoms with Crippen LogP contribution in [0, 0.1) is 0 Å². The molecule has 0 aromatic rings. The van der Waals surface area contributed by atoms with E-state index in [0.717, 1.165) is 43.5 Å². The van der Waals surface area contributed by atoms with Crippen LogP contribution in [0.1, 0.15) is 32.6 Å². The fraction of sp³-hybridized carbons (Fsp3) is 0.667. The monoisotopic (exact) mass is 343 g/mol. The van der Waals surface area contributed by atoms with E-state index in [2.05, 4.69) is 6.92 Å². The van der Waals surface area contributed by atoms with Gasteiger partial charge in [-0.15, -0.1) is 0 Å². The molecule has 0 bridgehead atoms. The molecule has 2 aliphatic carbocycles. The number of hydrogen-bond acceptors (Lipinski definition) is 5. The molecule has 0 aromatic carbocycles. The molecule has 24 heavy (non-hydrogen) atoms. The molecule has 3 heterocycles. The van der Waals surface area contributed by atoms with Crippen molar-refractivity contribution >= 4 is 27.9 Å². The highest BCUT2D eigenvalue weighted by molar-refractivity contribution is 6.22. The molecule has 1 saturated carbocycles. The van der Waals surface area contributed by atoms with Crippen molar-refractivity contribution in [3.63, 3.8) is 0 Å². The molecule has 5 rings (SSSR count). The lowest BCUT2D eigenvalue weighted by Gasteiger charge is -2.21. The summed E-state index contributed by atoms with van der Waals surface area (Å²) in [6, 6.07) is 0. The molecule has 0 radical (unpaired) electrons. The summed E-state index contributed by atoms with van der Waals surface area (Å²) < 4.78 is 0.833. The zero-order valence-corrected chi connectivity index (χ0v) is 16.8. The molecule has 0 amide bonds. The van der Waals surface area contributed by atoms with Crippen molar-refractivity contribution in [2.75, 3.05) is 39.3 Å². The summed E-state index contributed by atoms with van der Waals surface area (Å²) in [5.74, 6) is 0.0485. The Morgan fingerprint density at radius 3 is 1.79 bits per heavy atom. The standard InChI is InChI=1S/C12H13N3O2.C6H11.Al.2H/c16-9-7-8(13-1-2-13)12(17)11(15-5-6-15)10(9)14-3-4-14;1-6-4-2-3-5-6;;;/h7H,1-6H2;2-5H2,1H3;;;. The van der Waals surface area contributed by atoms with Crippen molar-refractivity contribution in [1.29, 1.82) is 0 Å². The Labute approximate surface area is 151 Å². The molecule has 0 unspecified atom stereocenters. The third kappa shape index (κ3) is 3.41. The fourth-order valence-corrected chi connectivity index (χ4v) is 4.31. The SMILES string of the molecule is C[C]1([AlH2])CCCC1.O=C1C=C(N2CC2)C(=O)C(N2CC2)=C1N1CC1. The van der Waals surface area contributed by atoms with Crippen LogP contribution in [0.5, 0.6) is 0 Å². The van der Waals surface area contributed by atoms with Crippen LogP contribution in [0.25, 0.3) is 0 Å². The van der Waals surface area contributed by atoms with Gasteiger partial charge in [0.25, 0.3) is 0 Å². The summed E-state index contributed by atoms with van der Waals surface area (Å²) in [4.78, 5) is 30.5. The lowest BCUT2D eigenvalue weighted by atomic mass is 10.0. The van der Waals surface area contributed by atoms with Gasteiger partial charge in [-0.3, -0.25) is 9.59 Å². The van der Waals surface area contributed by atoms with E-state index in [9.17, 15) is 9.59 Å². The Balaban J connectivity index is 0.000000177. The van der Waals surface area contributed by atoms with E-state index in [4.69, 9.17) is 0 Å². The predicted octanol–water partition coefficient (Wildman–Crippen LogP) is 0.553. The van der Waals surface area contributed by atoms with Gasteiger partial charge in [-0.1, -0.05) is 36.9 Å². The highest BCUT2D eigenvalue weighted by Gasteiger charge is 2.43. The van der Waals surface area contributed by atoms with Gasteiger partial charge in [0.1, 0.15) is 11.4 Å². The van der Waals surface area contributed by atoms with Crippen LogP contribution in [0.15, 0.2) is 23.2 Å². The average Bonchev–Trinajstić information content (AvgIpc) is 3.38. The summed E-state index contributed by atoms with van der Waals surface area (Å²) in [6.07, 6.45) is 7.55. The van der Waals surface area contributed by atoms with Crippen LogP contribution in [-0.2, 0) is 9.59 Å². The second-order valence-electron chi connectivity index (χ2n) is 8.25. The van der Waals surface area contributed by atoms with E-state index >= 15 is 0 Å². The molecular formula is C18H26AlN3O2. The van der Waals surface area contributed by atoms with Crippen LogP contribution in [0.4, 0.5) is 0 Å². The summed E-state index contributed by atoms with van der Waals surface area (Å²) in [7, 11) is 0. The molecule has 3 aliphatic heterocycles. The van der Waals surface area contributed by atoms with E-state index < -0.39 is 0 Å². The quantitative estimate of drug-likeness (QED) is 0.425. The number of carbonyl (C=O) groups is 2. The molecule has 0 spiro atoms. The topological polar surface area (TPSA) is 43.2 Å². The fourth-order valence-electron chi connectivity index (χ4n) is 3.61. The highest BCUT2D eigenvalue weighted by atomic mass is 27.0. The Kier molecular flexibility index (Phi) is 4.01. The van der Waals surface area contributed by atoms with E-state index in [1.807, 2.05) is 14.7 Å². The first-order chi connectivity index (χ1) is 11.5. The maximum atomic E-state index is 12.4. The average molecular weight is 343 g/mol. The van der Waals surface area contributed by atoms with Crippen molar-refractivity contribution in [3.8, 4) is 0 Å². The predicted molar refractivity (Wildman–Crippen MR) is 95.2 cm³/mol. The Hall–Kier alpha value is -1.25. The van der Waals surface area contributed by atoms with E-state index in [0.29, 0.717) is 17.1 Å². The molecule has 5 nitrogen and oxygen atoms in total. The molecule has 3 saturated heterocycles. The van der Waals surface area contributed by atoms with Gasteiger partial charge in [-0.25, -0.2) is 0 Å². The highest BCUT2D eigenvalue weighted by Crippen LogP contribution is 2.40. The molecule has 0 N–H and O–H groups in total. The first kappa shape index (κ1) is 16.2. The normalized spacial score (nSPS) is 27.0. The summed E-state index contributed by atoms with van der Waals surface area (Å²) >= 11 is 1.41. The third-order valence-corrected chi connectivity index (χ3v) is 6.45. The second-order valence-corrected chi connectivity index (χ2v) is 10.7. The van der Waals surface area contributed by atoms with E-state index in [1.165, 1.54) is 48.0 Å². The summed E-state index contributed by atoms with van der Waals surface area (Å²) in [6.45, 7) is 7.83. The van der Waals surface area contributed by atoms with Crippen molar-refractivity contribution in [3.05, 3.63) is 23.2 Å². The van der Waals surface area contributed by atoms with Crippen molar-refractivity contribution in [2.45, 2.75) is 36.9 Å². The minimum absolute atomic E-state index is 0.00546. The second kappa shape index (κ2) is 5.93. The smallest absolute Gasteiger partial charge is 0.227 e. The molecule has 5 aliphatic rings. The Morgan fingerprint density at radius 1 is 0.875 bits per heavy atom. The van der Waals surface area contributed by atoms with Gasteiger partial charge in [0.05, 0.1) is 5.70 Å². The molecule has 128 valence electrons. The number of carbonyl (C=O) groups excluding carboxylic acids is 2. The zero-order chi connectivity index (χ0) is 16.9. The number of rotatable bonds is 3. The van der Waals surface area contributed by atoms with E-state index in [1.54, 1.807) is 0 Å². The first-order valence-electron chi connectivity index (χ1n) is 9.26. The Morgan fingerprint density at radius 2 is 1.38 bits per heavy atom. The zero-order valence-electron chi connectivity index (χ0n) is 14.8. The van der Waals surface area contributed by atoms with Gasteiger partial charge in [0.2, 0.25) is 27.9 Å². The number of ketones is 2. The molecule has 0 atom stereocenters. The van der Waals surface area contributed by atoms with E-state index in [-0.39, 0.29) is 11.6 Å².